The van der Waals surface area contributed by atoms with Crippen LogP contribution >= 0.6 is 0 Å². The van der Waals surface area contributed by atoms with Crippen molar-refractivity contribution in [1.29, 1.82) is 0 Å². The van der Waals surface area contributed by atoms with Crippen LogP contribution in [0, 0.1) is 0 Å². The van der Waals surface area contributed by atoms with Crippen LogP contribution in [-0.2, 0) is 12.7 Å². The van der Waals surface area contributed by atoms with Crippen molar-refractivity contribution in [2.24, 2.45) is 5.73 Å². The largest absolute Gasteiger partial charge is 0.416 e. The monoisotopic (exact) mass is 372 g/mol. The zero-order chi connectivity index (χ0) is 19.4. The third-order valence-electron chi connectivity index (χ3n) is 4.14. The number of rotatable bonds is 5. The second-order valence-corrected chi connectivity index (χ2v) is 6.12. The van der Waals surface area contributed by atoms with Crippen molar-refractivity contribution in [2.75, 3.05) is 5.32 Å². The van der Waals surface area contributed by atoms with Gasteiger partial charge in [-0.25, -0.2) is 9.97 Å². The van der Waals surface area contributed by atoms with Gasteiger partial charge in [0.25, 0.3) is 0 Å². The average Bonchev–Trinajstić information content (AvgIpc) is 2.67. The minimum absolute atomic E-state index is 0.0420. The molecule has 3 rings (SSSR count). The Morgan fingerprint density at radius 3 is 2.26 bits per heavy atom. The van der Waals surface area contributed by atoms with E-state index in [1.165, 1.54) is 12.1 Å². The first-order valence-electron chi connectivity index (χ1n) is 8.44. The molecule has 2 aromatic carbocycles. The first-order valence-corrected chi connectivity index (χ1v) is 8.44. The van der Waals surface area contributed by atoms with Crippen LogP contribution in [0.4, 0.5) is 19.1 Å². The lowest BCUT2D eigenvalue weighted by atomic mass is 10.1. The third kappa shape index (κ3) is 4.62. The Morgan fingerprint density at radius 1 is 1.00 bits per heavy atom. The van der Waals surface area contributed by atoms with Crippen molar-refractivity contribution < 1.29 is 13.2 Å². The Labute approximate surface area is 155 Å². The summed E-state index contributed by atoms with van der Waals surface area (Å²) in [6, 6.07) is 16.3. The summed E-state index contributed by atoms with van der Waals surface area (Å²) >= 11 is 0. The molecule has 27 heavy (non-hydrogen) atoms. The lowest BCUT2D eigenvalue weighted by Crippen LogP contribution is -2.12. The predicted molar refractivity (Wildman–Crippen MR) is 98.8 cm³/mol. The molecular weight excluding hydrogens is 353 g/mol. The van der Waals surface area contributed by atoms with Crippen molar-refractivity contribution in [2.45, 2.75) is 25.7 Å². The first-order chi connectivity index (χ1) is 12.9. The van der Waals surface area contributed by atoms with E-state index in [0.717, 1.165) is 17.7 Å². The molecule has 0 amide bonds. The quantitative estimate of drug-likeness (QED) is 0.676. The molecule has 0 fully saturated rings. The first kappa shape index (κ1) is 18.8. The highest BCUT2D eigenvalue weighted by molar-refractivity contribution is 5.61. The molecule has 0 aliphatic rings. The molecule has 1 aromatic heterocycles. The van der Waals surface area contributed by atoms with E-state index in [1.54, 1.807) is 6.07 Å². The Morgan fingerprint density at radius 2 is 1.67 bits per heavy atom. The van der Waals surface area contributed by atoms with Gasteiger partial charge in [0.1, 0.15) is 0 Å². The van der Waals surface area contributed by atoms with Gasteiger partial charge in [-0.15, -0.1) is 0 Å². The van der Waals surface area contributed by atoms with E-state index < -0.39 is 11.7 Å². The van der Waals surface area contributed by atoms with E-state index in [9.17, 15) is 13.2 Å². The fourth-order valence-electron chi connectivity index (χ4n) is 2.66. The van der Waals surface area contributed by atoms with Gasteiger partial charge >= 0.3 is 6.18 Å². The van der Waals surface area contributed by atoms with Crippen LogP contribution in [0.2, 0.25) is 0 Å². The lowest BCUT2D eigenvalue weighted by Gasteiger charge is -2.16. The number of nitrogens with two attached hydrogens (primary N) is 1. The molecule has 3 aromatic rings. The topological polar surface area (TPSA) is 63.8 Å². The molecule has 140 valence electrons. The number of halogens is 3. The zero-order valence-electron chi connectivity index (χ0n) is 14.7. The predicted octanol–water partition coefficient (Wildman–Crippen LogP) is 4.79. The second-order valence-electron chi connectivity index (χ2n) is 6.12. The van der Waals surface area contributed by atoms with E-state index in [-0.39, 0.29) is 12.6 Å². The van der Waals surface area contributed by atoms with Crippen molar-refractivity contribution in [3.8, 4) is 11.3 Å². The van der Waals surface area contributed by atoms with Crippen LogP contribution in [0.1, 0.15) is 29.8 Å². The van der Waals surface area contributed by atoms with E-state index in [4.69, 9.17) is 5.73 Å². The van der Waals surface area contributed by atoms with Crippen LogP contribution in [-0.4, -0.2) is 9.97 Å². The number of hydrogen-bond acceptors (Lipinski definition) is 4. The van der Waals surface area contributed by atoms with E-state index in [2.05, 4.69) is 15.3 Å². The number of nitrogens with zero attached hydrogens (tertiary/aromatic N) is 2. The molecule has 0 spiro atoms. The molecule has 1 unspecified atom stereocenters. The second kappa shape index (κ2) is 7.75. The lowest BCUT2D eigenvalue weighted by molar-refractivity contribution is -0.137. The molecule has 0 aliphatic heterocycles. The van der Waals surface area contributed by atoms with Gasteiger partial charge in [0.05, 0.1) is 23.0 Å². The number of aromatic nitrogens is 2. The van der Waals surface area contributed by atoms with Gasteiger partial charge in [0.15, 0.2) is 0 Å². The maximum atomic E-state index is 12.8. The summed E-state index contributed by atoms with van der Waals surface area (Å²) in [4.78, 5) is 8.82. The van der Waals surface area contributed by atoms with Crippen LogP contribution < -0.4 is 11.1 Å². The van der Waals surface area contributed by atoms with Crippen molar-refractivity contribution in [3.05, 3.63) is 77.5 Å². The Balaban J connectivity index is 1.89. The third-order valence-corrected chi connectivity index (χ3v) is 4.14. The van der Waals surface area contributed by atoms with Gasteiger partial charge in [-0.1, -0.05) is 42.5 Å². The van der Waals surface area contributed by atoms with E-state index >= 15 is 0 Å². The summed E-state index contributed by atoms with van der Waals surface area (Å²) in [6.45, 7) is 2.18. The number of alkyl halides is 3. The van der Waals surface area contributed by atoms with E-state index in [0.29, 0.717) is 22.9 Å². The molecule has 0 aliphatic carbocycles. The number of nitrogens with one attached hydrogen (secondary N) is 1. The molecule has 3 N–H and O–H groups in total. The summed E-state index contributed by atoms with van der Waals surface area (Å²) in [5, 5.41) is 3.22. The Bertz CT molecular complexity index is 893. The SMILES string of the molecule is CC(Nc1nc(CN)cc(-c2ccc(C(F)(F)F)cc2)n1)c1ccccc1. The smallest absolute Gasteiger partial charge is 0.348 e. The van der Waals surface area contributed by atoms with Gasteiger partial charge in [0, 0.05) is 12.1 Å². The molecule has 7 heteroatoms. The molecule has 1 heterocycles. The maximum absolute atomic E-state index is 12.8. The highest BCUT2D eigenvalue weighted by Gasteiger charge is 2.30. The van der Waals surface area contributed by atoms with Crippen LogP contribution in [0.25, 0.3) is 11.3 Å². The van der Waals surface area contributed by atoms with Gasteiger partial charge in [-0.05, 0) is 30.7 Å². The van der Waals surface area contributed by atoms with Gasteiger partial charge in [-0.3, -0.25) is 0 Å². The fraction of sp³-hybridized carbons (Fsp3) is 0.200. The minimum atomic E-state index is -4.37. The highest BCUT2D eigenvalue weighted by Crippen LogP contribution is 2.31. The summed E-state index contributed by atoms with van der Waals surface area (Å²) in [7, 11) is 0. The van der Waals surface area contributed by atoms with Crippen molar-refractivity contribution >= 4 is 5.95 Å². The number of hydrogen-bond donors (Lipinski definition) is 2. The molecule has 1 atom stereocenters. The summed E-state index contributed by atoms with van der Waals surface area (Å²) < 4.78 is 38.3. The average molecular weight is 372 g/mol. The van der Waals surface area contributed by atoms with Crippen LogP contribution in [0.3, 0.4) is 0 Å². The van der Waals surface area contributed by atoms with Crippen molar-refractivity contribution in [1.82, 2.24) is 9.97 Å². The molecule has 0 radical (unpaired) electrons. The fourth-order valence-corrected chi connectivity index (χ4v) is 2.66. The molecule has 0 bridgehead atoms. The molecule has 0 saturated carbocycles. The molecular formula is C20H19F3N4. The standard InChI is InChI=1S/C20H19F3N4/c1-13(14-5-3-2-4-6-14)25-19-26-17(12-24)11-18(27-19)15-7-9-16(10-8-15)20(21,22)23/h2-11,13H,12,24H2,1H3,(H,25,26,27). The molecule has 4 nitrogen and oxygen atoms in total. The highest BCUT2D eigenvalue weighted by atomic mass is 19.4. The van der Waals surface area contributed by atoms with Gasteiger partial charge < -0.3 is 11.1 Å². The summed E-state index contributed by atoms with van der Waals surface area (Å²) in [5.74, 6) is 0.379. The van der Waals surface area contributed by atoms with Crippen molar-refractivity contribution in [3.63, 3.8) is 0 Å². The minimum Gasteiger partial charge on any atom is -0.348 e. The van der Waals surface area contributed by atoms with Crippen LogP contribution in [0.15, 0.2) is 60.7 Å². The number of anilines is 1. The Hall–Kier alpha value is -2.93. The summed E-state index contributed by atoms with van der Waals surface area (Å²) in [6.07, 6.45) is -4.37. The van der Waals surface area contributed by atoms with E-state index in [1.807, 2.05) is 37.3 Å². The number of benzene rings is 2. The maximum Gasteiger partial charge on any atom is 0.416 e. The van der Waals surface area contributed by atoms with Crippen LogP contribution in [0.5, 0.6) is 0 Å². The Kier molecular flexibility index (Phi) is 5.41. The van der Waals surface area contributed by atoms with Gasteiger partial charge in [0.2, 0.25) is 5.95 Å². The molecule has 0 saturated heterocycles. The normalized spacial score (nSPS) is 12.6. The van der Waals surface area contributed by atoms with Gasteiger partial charge in [-0.2, -0.15) is 13.2 Å². The summed E-state index contributed by atoms with van der Waals surface area (Å²) in [5.41, 5.74) is 7.77. The zero-order valence-corrected chi connectivity index (χ0v) is 14.7.